The lowest BCUT2D eigenvalue weighted by molar-refractivity contribution is -0.136. The monoisotopic (exact) mass is 407 g/mol. The van der Waals surface area contributed by atoms with Crippen molar-refractivity contribution in [3.63, 3.8) is 0 Å². The molecule has 2 amide bonds. The van der Waals surface area contributed by atoms with Gasteiger partial charge in [0.25, 0.3) is 0 Å². The van der Waals surface area contributed by atoms with E-state index in [9.17, 15) is 14.7 Å². The van der Waals surface area contributed by atoms with Crippen LogP contribution in [0.3, 0.4) is 0 Å². The molecule has 5 aliphatic rings. The van der Waals surface area contributed by atoms with Crippen LogP contribution in [0, 0.1) is 23.7 Å². The van der Waals surface area contributed by atoms with Gasteiger partial charge >= 0.3 is 6.09 Å². The largest absolute Gasteiger partial charge is 0.465 e. The number of carboxylic acid groups (broad SMARTS) is 1. The molecule has 1 saturated heterocycles. The first-order chi connectivity index (χ1) is 13.7. The molecule has 7 nitrogen and oxygen atoms in total. The van der Waals surface area contributed by atoms with Crippen molar-refractivity contribution in [2.45, 2.75) is 70.5 Å². The van der Waals surface area contributed by atoms with E-state index in [2.05, 4.69) is 10.2 Å². The third-order valence-electron chi connectivity index (χ3n) is 7.73. The molecule has 4 aliphatic carbocycles. The number of rotatable bonds is 5. The molecular formula is C22H37N3O4. The Morgan fingerprint density at radius 2 is 1.72 bits per heavy atom. The number of ether oxygens (including phenoxy) is 1. The summed E-state index contributed by atoms with van der Waals surface area (Å²) in [6, 6.07) is 0.000667. The zero-order chi connectivity index (χ0) is 20.8. The van der Waals surface area contributed by atoms with E-state index < -0.39 is 11.6 Å². The van der Waals surface area contributed by atoms with Crippen molar-refractivity contribution in [3.05, 3.63) is 0 Å². The summed E-state index contributed by atoms with van der Waals surface area (Å²) in [7, 11) is 0. The molecule has 4 bridgehead atoms. The summed E-state index contributed by atoms with van der Waals surface area (Å²) < 4.78 is 5.63. The van der Waals surface area contributed by atoms with E-state index in [-0.39, 0.29) is 11.9 Å². The fourth-order valence-electron chi connectivity index (χ4n) is 6.51. The van der Waals surface area contributed by atoms with Crippen LogP contribution in [-0.4, -0.2) is 77.4 Å². The van der Waals surface area contributed by atoms with Crippen LogP contribution in [0.15, 0.2) is 0 Å². The molecule has 164 valence electrons. The standard InChI is InChI=1S/C22H37N3O4/c1-22(2,3)25(21(27)28)5-4-24-6-7-29-13-18(24)20(26)23-19-16-9-14-8-15(11-16)12-17(19)10-14/h14-19H,4-13H2,1-3H3,(H,23,26)(H,27,28)/t14?,15?,16?,17?,18-,19?/m1/s1. The molecule has 5 rings (SSSR count). The molecule has 29 heavy (non-hydrogen) atoms. The minimum absolute atomic E-state index is 0.0693. The third-order valence-corrected chi connectivity index (χ3v) is 7.73. The number of morpholine rings is 1. The first-order valence-corrected chi connectivity index (χ1v) is 11.3. The summed E-state index contributed by atoms with van der Waals surface area (Å²) >= 11 is 0. The first-order valence-electron chi connectivity index (χ1n) is 11.3. The van der Waals surface area contributed by atoms with Crippen molar-refractivity contribution in [2.75, 3.05) is 32.8 Å². The third kappa shape index (κ3) is 4.41. The van der Waals surface area contributed by atoms with Crippen LogP contribution in [0.5, 0.6) is 0 Å². The van der Waals surface area contributed by atoms with Gasteiger partial charge in [0.1, 0.15) is 6.04 Å². The van der Waals surface area contributed by atoms with E-state index >= 15 is 0 Å². The van der Waals surface area contributed by atoms with Gasteiger partial charge in [-0.05, 0) is 76.5 Å². The van der Waals surface area contributed by atoms with Gasteiger partial charge < -0.3 is 20.1 Å². The number of nitrogens with one attached hydrogen (secondary N) is 1. The van der Waals surface area contributed by atoms with Crippen LogP contribution in [0.25, 0.3) is 0 Å². The summed E-state index contributed by atoms with van der Waals surface area (Å²) in [5, 5.41) is 13.0. The number of carbonyl (C=O) groups excluding carboxylic acids is 1. The van der Waals surface area contributed by atoms with Crippen LogP contribution in [0.2, 0.25) is 0 Å². The zero-order valence-corrected chi connectivity index (χ0v) is 18.1. The number of hydrogen-bond donors (Lipinski definition) is 2. The molecule has 4 saturated carbocycles. The van der Waals surface area contributed by atoms with E-state index in [1.54, 1.807) is 0 Å². The normalized spacial score (nSPS) is 36.8. The van der Waals surface area contributed by atoms with Gasteiger partial charge in [0.15, 0.2) is 0 Å². The van der Waals surface area contributed by atoms with Crippen molar-refractivity contribution in [2.24, 2.45) is 23.7 Å². The first kappa shape index (κ1) is 20.9. The molecule has 7 heteroatoms. The molecule has 2 N–H and O–H groups in total. The van der Waals surface area contributed by atoms with E-state index in [1.165, 1.54) is 37.0 Å². The number of carbonyl (C=O) groups is 2. The highest BCUT2D eigenvalue weighted by Crippen LogP contribution is 2.53. The maximum atomic E-state index is 13.2. The van der Waals surface area contributed by atoms with Crippen molar-refractivity contribution in [1.82, 2.24) is 15.1 Å². The summed E-state index contributed by atoms with van der Waals surface area (Å²) in [5.41, 5.74) is -0.462. The highest BCUT2D eigenvalue weighted by molar-refractivity contribution is 5.82. The molecule has 0 unspecified atom stereocenters. The fourth-order valence-corrected chi connectivity index (χ4v) is 6.51. The average molecular weight is 408 g/mol. The molecular weight excluding hydrogens is 370 g/mol. The second kappa shape index (κ2) is 8.06. The van der Waals surface area contributed by atoms with Gasteiger partial charge in [-0.15, -0.1) is 0 Å². The summed E-state index contributed by atoms with van der Waals surface area (Å²) in [6.07, 6.45) is 5.61. The van der Waals surface area contributed by atoms with Gasteiger partial charge in [-0.25, -0.2) is 4.79 Å². The van der Waals surface area contributed by atoms with Crippen LogP contribution < -0.4 is 5.32 Å². The summed E-state index contributed by atoms with van der Waals surface area (Å²) in [4.78, 5) is 28.4. The van der Waals surface area contributed by atoms with Crippen LogP contribution in [0.4, 0.5) is 4.79 Å². The molecule has 0 radical (unpaired) electrons. The zero-order valence-electron chi connectivity index (χ0n) is 18.1. The number of amides is 2. The predicted molar refractivity (Wildman–Crippen MR) is 110 cm³/mol. The maximum absolute atomic E-state index is 13.2. The minimum atomic E-state index is -0.916. The van der Waals surface area contributed by atoms with E-state index in [1.807, 2.05) is 20.8 Å². The molecule has 5 fully saturated rings. The van der Waals surface area contributed by atoms with E-state index in [0.29, 0.717) is 50.7 Å². The van der Waals surface area contributed by atoms with Crippen molar-refractivity contribution in [1.29, 1.82) is 0 Å². The van der Waals surface area contributed by atoms with Gasteiger partial charge in [-0.1, -0.05) is 0 Å². The van der Waals surface area contributed by atoms with Gasteiger partial charge in [0.05, 0.1) is 13.2 Å². The van der Waals surface area contributed by atoms with Crippen molar-refractivity contribution >= 4 is 12.0 Å². The summed E-state index contributed by atoms with van der Waals surface area (Å²) in [5.74, 6) is 3.15. The molecule has 1 aliphatic heterocycles. The topological polar surface area (TPSA) is 82.1 Å². The fraction of sp³-hybridized carbons (Fsp3) is 0.909. The molecule has 0 aromatic heterocycles. The van der Waals surface area contributed by atoms with Gasteiger partial charge in [-0.3, -0.25) is 9.69 Å². The number of nitrogens with zero attached hydrogens (tertiary/aromatic N) is 2. The minimum Gasteiger partial charge on any atom is -0.465 e. The molecule has 0 spiro atoms. The van der Waals surface area contributed by atoms with E-state index in [4.69, 9.17) is 4.74 Å². The second-order valence-electron chi connectivity index (χ2n) is 10.7. The van der Waals surface area contributed by atoms with Crippen molar-refractivity contribution in [3.8, 4) is 0 Å². The lowest BCUT2D eigenvalue weighted by atomic mass is 9.54. The maximum Gasteiger partial charge on any atom is 0.407 e. The van der Waals surface area contributed by atoms with Crippen LogP contribution >= 0.6 is 0 Å². The lowest BCUT2D eigenvalue weighted by Crippen LogP contribution is -2.61. The quantitative estimate of drug-likeness (QED) is 0.731. The van der Waals surface area contributed by atoms with Gasteiger partial charge in [-0.2, -0.15) is 0 Å². The Morgan fingerprint density at radius 1 is 1.10 bits per heavy atom. The summed E-state index contributed by atoms with van der Waals surface area (Å²) in [6.45, 7) is 8.28. The highest BCUT2D eigenvalue weighted by atomic mass is 16.5. The Balaban J connectivity index is 1.37. The Kier molecular flexibility index (Phi) is 5.81. The van der Waals surface area contributed by atoms with Crippen LogP contribution in [0.1, 0.15) is 52.9 Å². The second-order valence-corrected chi connectivity index (χ2v) is 10.7. The van der Waals surface area contributed by atoms with Crippen LogP contribution in [-0.2, 0) is 9.53 Å². The van der Waals surface area contributed by atoms with Gasteiger partial charge in [0.2, 0.25) is 5.91 Å². The Hall–Kier alpha value is -1.34. The molecule has 0 aromatic carbocycles. The molecule has 1 atom stereocenters. The SMILES string of the molecule is CC(C)(C)N(CCN1CCOC[C@@H]1C(=O)NC1C2CC3CC(C2)CC1C3)C(=O)O. The number of hydrogen-bond acceptors (Lipinski definition) is 4. The molecule has 0 aromatic rings. The highest BCUT2D eigenvalue weighted by Gasteiger charge is 2.49. The Morgan fingerprint density at radius 3 is 2.28 bits per heavy atom. The van der Waals surface area contributed by atoms with Gasteiger partial charge in [0, 0.05) is 31.2 Å². The lowest BCUT2D eigenvalue weighted by Gasteiger charge is -2.54. The smallest absolute Gasteiger partial charge is 0.407 e. The molecule has 1 heterocycles. The van der Waals surface area contributed by atoms with Crippen molar-refractivity contribution < 1.29 is 19.4 Å². The van der Waals surface area contributed by atoms with E-state index in [0.717, 1.165) is 11.8 Å². The predicted octanol–water partition coefficient (Wildman–Crippen LogP) is 2.41. The Labute approximate surface area is 174 Å². The Bertz CT molecular complexity index is 604. The average Bonchev–Trinajstić information content (AvgIpc) is 2.63.